The highest BCUT2D eigenvalue weighted by Crippen LogP contribution is 2.72. The van der Waals surface area contributed by atoms with Crippen molar-refractivity contribution in [3.8, 4) is 0 Å². The van der Waals surface area contributed by atoms with Crippen molar-refractivity contribution >= 4 is 11.3 Å². The molecular formula is C16H27NS. The number of hydrogen-bond acceptors (Lipinski definition) is 2. The average molecular weight is 265 g/mol. The van der Waals surface area contributed by atoms with E-state index >= 15 is 0 Å². The zero-order valence-corrected chi connectivity index (χ0v) is 13.4. The lowest BCUT2D eigenvalue weighted by molar-refractivity contribution is 0.414. The first-order valence-electron chi connectivity index (χ1n) is 7.11. The largest absolute Gasteiger partial charge is 0.309 e. The fraction of sp³-hybridized carbons (Fsp3) is 0.750. The van der Waals surface area contributed by atoms with Gasteiger partial charge < -0.3 is 5.32 Å². The van der Waals surface area contributed by atoms with E-state index in [2.05, 4.69) is 58.3 Å². The minimum Gasteiger partial charge on any atom is -0.309 e. The van der Waals surface area contributed by atoms with E-state index < -0.39 is 0 Å². The maximum Gasteiger partial charge on any atom is 0.0456 e. The van der Waals surface area contributed by atoms with Gasteiger partial charge in [0.1, 0.15) is 0 Å². The molecule has 0 aliphatic heterocycles. The van der Waals surface area contributed by atoms with Gasteiger partial charge in [0, 0.05) is 10.9 Å². The van der Waals surface area contributed by atoms with E-state index in [-0.39, 0.29) is 0 Å². The summed E-state index contributed by atoms with van der Waals surface area (Å²) in [5.41, 5.74) is 2.33. The highest BCUT2D eigenvalue weighted by molar-refractivity contribution is 7.10. The van der Waals surface area contributed by atoms with E-state index in [1.807, 2.05) is 11.3 Å². The van der Waals surface area contributed by atoms with Gasteiger partial charge >= 0.3 is 0 Å². The number of hydrogen-bond donors (Lipinski definition) is 1. The van der Waals surface area contributed by atoms with Gasteiger partial charge in [-0.2, -0.15) is 0 Å². The van der Waals surface area contributed by atoms with Crippen LogP contribution < -0.4 is 5.32 Å². The summed E-state index contributed by atoms with van der Waals surface area (Å²) in [5.74, 6) is 0.744. The van der Waals surface area contributed by atoms with Gasteiger partial charge in [-0.25, -0.2) is 0 Å². The van der Waals surface area contributed by atoms with Crippen molar-refractivity contribution in [3.05, 3.63) is 21.9 Å². The third-order valence-electron chi connectivity index (χ3n) is 5.26. The summed E-state index contributed by atoms with van der Waals surface area (Å²) in [6, 6.07) is 2.79. The molecule has 1 saturated carbocycles. The summed E-state index contributed by atoms with van der Waals surface area (Å²) in [4.78, 5) is 1.55. The zero-order valence-electron chi connectivity index (χ0n) is 12.6. The highest BCUT2D eigenvalue weighted by Gasteiger charge is 2.67. The Bertz CT molecular complexity index is 402. The lowest BCUT2D eigenvalue weighted by Gasteiger charge is -2.21. The molecule has 1 fully saturated rings. The standard InChI is InChI=1S/C16H27NS/c1-7-9-17-12(13-11(2)8-10-18-13)14-15(3,4)16(14,5)6/h8,10,12,14,17H,7,9H2,1-6H3. The summed E-state index contributed by atoms with van der Waals surface area (Å²) in [6.45, 7) is 15.3. The summed E-state index contributed by atoms with van der Waals surface area (Å²) < 4.78 is 0. The number of nitrogens with one attached hydrogen (secondary N) is 1. The fourth-order valence-electron chi connectivity index (χ4n) is 3.45. The lowest BCUT2D eigenvalue weighted by Crippen LogP contribution is -2.26. The second kappa shape index (κ2) is 4.64. The Balaban J connectivity index is 2.26. The highest BCUT2D eigenvalue weighted by atomic mass is 32.1. The summed E-state index contributed by atoms with van der Waals surface area (Å²) >= 11 is 1.92. The van der Waals surface area contributed by atoms with Gasteiger partial charge in [0.25, 0.3) is 0 Å². The molecule has 102 valence electrons. The molecule has 0 bridgehead atoms. The Morgan fingerprint density at radius 2 is 1.89 bits per heavy atom. The molecule has 2 heteroatoms. The molecule has 1 aromatic rings. The van der Waals surface area contributed by atoms with Crippen LogP contribution in [0, 0.1) is 23.7 Å². The maximum absolute atomic E-state index is 3.80. The Labute approximate surface area is 116 Å². The lowest BCUT2D eigenvalue weighted by atomic mass is 10.0. The van der Waals surface area contributed by atoms with Gasteiger partial charge in [0.05, 0.1) is 0 Å². The molecule has 0 spiro atoms. The van der Waals surface area contributed by atoms with Crippen LogP contribution in [0.25, 0.3) is 0 Å². The molecule has 0 amide bonds. The molecule has 1 aliphatic carbocycles. The van der Waals surface area contributed by atoms with Gasteiger partial charge in [-0.15, -0.1) is 11.3 Å². The maximum atomic E-state index is 3.80. The zero-order chi connectivity index (χ0) is 13.6. The molecule has 18 heavy (non-hydrogen) atoms. The van der Waals surface area contributed by atoms with Crippen molar-refractivity contribution in [3.63, 3.8) is 0 Å². The van der Waals surface area contributed by atoms with Gasteiger partial charge in [-0.05, 0) is 53.6 Å². The first-order valence-corrected chi connectivity index (χ1v) is 7.99. The normalized spacial score (nSPS) is 23.0. The van der Waals surface area contributed by atoms with E-state index in [0.717, 1.165) is 12.5 Å². The molecular weight excluding hydrogens is 238 g/mol. The molecule has 1 unspecified atom stereocenters. The number of thiophene rings is 1. The molecule has 1 nitrogen and oxygen atoms in total. The van der Waals surface area contributed by atoms with Gasteiger partial charge in [0.2, 0.25) is 0 Å². The van der Waals surface area contributed by atoms with Gasteiger partial charge in [-0.3, -0.25) is 0 Å². The van der Waals surface area contributed by atoms with Crippen LogP contribution in [0.5, 0.6) is 0 Å². The Kier molecular flexibility index (Phi) is 3.63. The second-order valence-electron chi connectivity index (χ2n) is 6.82. The van der Waals surface area contributed by atoms with Gasteiger partial charge in [0.15, 0.2) is 0 Å². The van der Waals surface area contributed by atoms with Crippen LogP contribution in [0.1, 0.15) is 57.5 Å². The fourth-order valence-corrected chi connectivity index (χ4v) is 4.48. The molecule has 1 atom stereocenters. The van der Waals surface area contributed by atoms with E-state index in [1.54, 1.807) is 4.88 Å². The van der Waals surface area contributed by atoms with Crippen LogP contribution in [-0.2, 0) is 0 Å². The van der Waals surface area contributed by atoms with Crippen molar-refractivity contribution in [1.29, 1.82) is 0 Å². The quantitative estimate of drug-likeness (QED) is 0.808. The minimum absolute atomic E-state index is 0.439. The SMILES string of the molecule is CCCNC(c1sccc1C)C1C(C)(C)C1(C)C. The van der Waals surface area contributed by atoms with Crippen molar-refractivity contribution in [2.75, 3.05) is 6.54 Å². The predicted molar refractivity (Wildman–Crippen MR) is 81.1 cm³/mol. The van der Waals surface area contributed by atoms with Crippen LogP contribution in [0.3, 0.4) is 0 Å². The van der Waals surface area contributed by atoms with E-state index in [0.29, 0.717) is 16.9 Å². The van der Waals surface area contributed by atoms with Crippen molar-refractivity contribution < 1.29 is 0 Å². The van der Waals surface area contributed by atoms with Crippen LogP contribution in [0.15, 0.2) is 11.4 Å². The van der Waals surface area contributed by atoms with E-state index in [9.17, 15) is 0 Å². The Hall–Kier alpha value is -0.340. The molecule has 0 saturated heterocycles. The van der Waals surface area contributed by atoms with Crippen LogP contribution >= 0.6 is 11.3 Å². The minimum atomic E-state index is 0.439. The second-order valence-corrected chi connectivity index (χ2v) is 7.77. The van der Waals surface area contributed by atoms with Crippen molar-refractivity contribution in [2.24, 2.45) is 16.7 Å². The Morgan fingerprint density at radius 3 is 2.28 bits per heavy atom. The summed E-state index contributed by atoms with van der Waals surface area (Å²) in [6.07, 6.45) is 1.20. The average Bonchev–Trinajstić information content (AvgIpc) is 2.64. The molecule has 2 rings (SSSR count). The molecule has 1 aromatic heterocycles. The van der Waals surface area contributed by atoms with Gasteiger partial charge in [-0.1, -0.05) is 34.6 Å². The molecule has 1 heterocycles. The van der Waals surface area contributed by atoms with E-state index in [1.165, 1.54) is 12.0 Å². The molecule has 0 radical (unpaired) electrons. The monoisotopic (exact) mass is 265 g/mol. The third kappa shape index (κ3) is 2.04. The van der Waals surface area contributed by atoms with Crippen LogP contribution in [0.4, 0.5) is 0 Å². The predicted octanol–water partition coefficient (Wildman–Crippen LogP) is 4.78. The van der Waals surface area contributed by atoms with Crippen LogP contribution in [0.2, 0.25) is 0 Å². The van der Waals surface area contributed by atoms with E-state index in [4.69, 9.17) is 0 Å². The first-order chi connectivity index (χ1) is 8.34. The third-order valence-corrected chi connectivity index (χ3v) is 6.37. The van der Waals surface area contributed by atoms with Crippen LogP contribution in [-0.4, -0.2) is 6.54 Å². The number of aryl methyl sites for hydroxylation is 1. The Morgan fingerprint density at radius 1 is 1.28 bits per heavy atom. The summed E-state index contributed by atoms with van der Waals surface area (Å²) in [5, 5.41) is 6.03. The molecule has 1 aliphatic rings. The molecule has 0 aromatic carbocycles. The number of rotatable bonds is 5. The van der Waals surface area contributed by atoms with Crippen molar-refractivity contribution in [2.45, 2.75) is 54.0 Å². The first kappa shape index (κ1) is 14.1. The molecule has 1 N–H and O–H groups in total. The topological polar surface area (TPSA) is 12.0 Å². The smallest absolute Gasteiger partial charge is 0.0456 e. The summed E-state index contributed by atoms with van der Waals surface area (Å²) in [7, 11) is 0. The van der Waals surface area contributed by atoms with Crippen molar-refractivity contribution in [1.82, 2.24) is 5.32 Å².